The highest BCUT2D eigenvalue weighted by atomic mass is 19.1. The van der Waals surface area contributed by atoms with Gasteiger partial charge >= 0.3 is 0 Å². The lowest BCUT2D eigenvalue weighted by Gasteiger charge is -2.18. The van der Waals surface area contributed by atoms with E-state index in [1.807, 2.05) is 13.8 Å². The molecule has 1 aromatic carbocycles. The average Bonchev–Trinajstić information content (AvgIpc) is 2.36. The second-order valence-corrected chi connectivity index (χ2v) is 4.19. The van der Waals surface area contributed by atoms with Crippen LogP contribution in [-0.4, -0.2) is 30.5 Å². The van der Waals surface area contributed by atoms with E-state index in [-0.39, 0.29) is 37.2 Å². The zero-order valence-corrected chi connectivity index (χ0v) is 10.9. The van der Waals surface area contributed by atoms with Crippen molar-refractivity contribution in [2.45, 2.75) is 26.4 Å². The minimum atomic E-state index is -0.507. The monoisotopic (exact) mass is 258 g/mol. The topological polar surface area (TPSA) is 58.9 Å². The molecule has 0 heterocycles. The normalized spacial score (nSPS) is 10.8. The fourth-order valence-electron chi connectivity index (χ4n) is 1.73. The van der Waals surface area contributed by atoms with Crippen LogP contribution in [0.1, 0.15) is 30.9 Å². The van der Waals surface area contributed by atoms with Crippen molar-refractivity contribution in [1.82, 2.24) is 0 Å². The molecule has 0 aliphatic heterocycles. The molecule has 5 heteroatoms. The van der Waals surface area contributed by atoms with Gasteiger partial charge in [-0.25, -0.2) is 4.39 Å². The Morgan fingerprint density at radius 1 is 1.28 bits per heavy atom. The van der Waals surface area contributed by atoms with Crippen molar-refractivity contribution in [2.24, 2.45) is 0 Å². The molecule has 0 bridgehead atoms. The van der Waals surface area contributed by atoms with Crippen molar-refractivity contribution < 1.29 is 24.1 Å². The number of hydrogen-bond acceptors (Lipinski definition) is 4. The number of aliphatic hydroxyl groups excluding tert-OH is 2. The largest absolute Gasteiger partial charge is 0.492 e. The second-order valence-electron chi connectivity index (χ2n) is 4.19. The molecule has 0 atom stereocenters. The van der Waals surface area contributed by atoms with Crippen LogP contribution in [0.2, 0.25) is 0 Å². The summed E-state index contributed by atoms with van der Waals surface area (Å²) in [6, 6.07) is 1.57. The van der Waals surface area contributed by atoms with E-state index < -0.39 is 5.82 Å². The molecule has 0 fully saturated rings. The van der Waals surface area contributed by atoms with E-state index in [1.54, 1.807) is 6.07 Å². The van der Waals surface area contributed by atoms with Crippen molar-refractivity contribution in [3.8, 4) is 11.5 Å². The van der Waals surface area contributed by atoms with Crippen LogP contribution in [0, 0.1) is 5.82 Å². The van der Waals surface area contributed by atoms with Crippen LogP contribution >= 0.6 is 0 Å². The SMILES string of the molecule is COc1c(CO)cc(C(C)C)c(F)c1OCCO. The minimum Gasteiger partial charge on any atom is -0.492 e. The van der Waals surface area contributed by atoms with Gasteiger partial charge in [0.05, 0.1) is 20.3 Å². The van der Waals surface area contributed by atoms with Crippen LogP contribution in [0.15, 0.2) is 6.07 Å². The quantitative estimate of drug-likeness (QED) is 0.817. The number of halogens is 1. The Bertz CT molecular complexity index is 404. The van der Waals surface area contributed by atoms with E-state index in [1.165, 1.54) is 7.11 Å². The first-order valence-corrected chi connectivity index (χ1v) is 5.80. The van der Waals surface area contributed by atoms with Crippen LogP contribution in [0.25, 0.3) is 0 Å². The van der Waals surface area contributed by atoms with Gasteiger partial charge in [-0.3, -0.25) is 0 Å². The van der Waals surface area contributed by atoms with Crippen molar-refractivity contribution in [2.75, 3.05) is 20.3 Å². The lowest BCUT2D eigenvalue weighted by molar-refractivity contribution is 0.189. The molecule has 0 saturated heterocycles. The smallest absolute Gasteiger partial charge is 0.197 e. The summed E-state index contributed by atoms with van der Waals surface area (Å²) in [5.74, 6) is -0.431. The van der Waals surface area contributed by atoms with Gasteiger partial charge in [-0.1, -0.05) is 13.8 Å². The lowest BCUT2D eigenvalue weighted by Crippen LogP contribution is -2.09. The molecule has 0 aliphatic rings. The van der Waals surface area contributed by atoms with Crippen LogP contribution in [0.5, 0.6) is 11.5 Å². The molecule has 0 amide bonds. The molecule has 0 spiro atoms. The average molecular weight is 258 g/mol. The molecule has 0 saturated carbocycles. The molecule has 2 N–H and O–H groups in total. The minimum absolute atomic E-state index is 0.0281. The Morgan fingerprint density at radius 3 is 2.39 bits per heavy atom. The first kappa shape index (κ1) is 14.7. The zero-order valence-electron chi connectivity index (χ0n) is 10.9. The van der Waals surface area contributed by atoms with Gasteiger partial charge in [0.1, 0.15) is 6.61 Å². The van der Waals surface area contributed by atoms with Gasteiger partial charge in [-0.05, 0) is 17.5 Å². The summed E-state index contributed by atoms with van der Waals surface area (Å²) >= 11 is 0. The predicted molar refractivity (Wildman–Crippen MR) is 65.5 cm³/mol. The maximum atomic E-state index is 14.2. The van der Waals surface area contributed by atoms with Gasteiger partial charge in [0.25, 0.3) is 0 Å². The number of benzene rings is 1. The molecule has 18 heavy (non-hydrogen) atoms. The van der Waals surface area contributed by atoms with Crippen molar-refractivity contribution in [1.29, 1.82) is 0 Å². The molecular formula is C13H19FO4. The number of ether oxygens (including phenoxy) is 2. The van der Waals surface area contributed by atoms with Crippen molar-refractivity contribution in [3.63, 3.8) is 0 Å². The Kier molecular flexibility index (Phi) is 5.37. The Hall–Kier alpha value is -1.33. The van der Waals surface area contributed by atoms with E-state index in [9.17, 15) is 9.50 Å². The molecular weight excluding hydrogens is 239 g/mol. The third-order valence-corrected chi connectivity index (χ3v) is 2.61. The van der Waals surface area contributed by atoms with E-state index in [2.05, 4.69) is 0 Å². The maximum Gasteiger partial charge on any atom is 0.197 e. The Labute approximate surface area is 106 Å². The van der Waals surface area contributed by atoms with Gasteiger partial charge < -0.3 is 19.7 Å². The first-order chi connectivity index (χ1) is 8.56. The highest BCUT2D eigenvalue weighted by molar-refractivity contribution is 5.51. The standard InChI is InChI=1S/C13H19FO4/c1-8(2)10-6-9(7-16)12(17-3)13(11(10)14)18-5-4-15/h6,8,15-16H,4-5,7H2,1-3H3. The maximum absolute atomic E-state index is 14.2. The van der Waals surface area contributed by atoms with E-state index in [0.717, 1.165) is 0 Å². The van der Waals surface area contributed by atoms with Crippen LogP contribution in [0.3, 0.4) is 0 Å². The first-order valence-electron chi connectivity index (χ1n) is 5.80. The summed E-state index contributed by atoms with van der Waals surface area (Å²) in [5.41, 5.74) is 0.920. The molecule has 1 rings (SSSR count). The Morgan fingerprint density at radius 2 is 1.94 bits per heavy atom. The summed E-state index contributed by atoms with van der Waals surface area (Å²) in [7, 11) is 1.38. The molecule has 0 aliphatic carbocycles. The molecule has 102 valence electrons. The van der Waals surface area contributed by atoms with Gasteiger partial charge in [0.15, 0.2) is 17.3 Å². The molecule has 1 aromatic rings. The van der Waals surface area contributed by atoms with E-state index in [0.29, 0.717) is 11.1 Å². The van der Waals surface area contributed by atoms with Gasteiger partial charge in [-0.15, -0.1) is 0 Å². The fraction of sp³-hybridized carbons (Fsp3) is 0.538. The molecule has 4 nitrogen and oxygen atoms in total. The highest BCUT2D eigenvalue weighted by Crippen LogP contribution is 2.38. The predicted octanol–water partition coefficient (Wildman–Crippen LogP) is 1.82. The molecule has 0 aromatic heterocycles. The summed E-state index contributed by atoms with van der Waals surface area (Å²) in [5, 5.41) is 18.0. The number of aliphatic hydroxyl groups is 2. The summed E-state index contributed by atoms with van der Waals surface area (Å²) in [6.07, 6.45) is 0. The summed E-state index contributed by atoms with van der Waals surface area (Å²) < 4.78 is 24.5. The third-order valence-electron chi connectivity index (χ3n) is 2.61. The van der Waals surface area contributed by atoms with Crippen molar-refractivity contribution in [3.05, 3.63) is 23.0 Å². The van der Waals surface area contributed by atoms with Crippen LogP contribution in [0.4, 0.5) is 4.39 Å². The van der Waals surface area contributed by atoms with Gasteiger partial charge in [0.2, 0.25) is 0 Å². The molecule has 0 unspecified atom stereocenters. The van der Waals surface area contributed by atoms with Crippen LogP contribution in [-0.2, 0) is 6.61 Å². The highest BCUT2D eigenvalue weighted by Gasteiger charge is 2.21. The van der Waals surface area contributed by atoms with Gasteiger partial charge in [0, 0.05) is 5.56 Å². The number of rotatable bonds is 6. The van der Waals surface area contributed by atoms with Crippen molar-refractivity contribution >= 4 is 0 Å². The summed E-state index contributed by atoms with van der Waals surface area (Å²) in [6.45, 7) is 3.19. The van der Waals surface area contributed by atoms with E-state index >= 15 is 0 Å². The summed E-state index contributed by atoms with van der Waals surface area (Å²) in [4.78, 5) is 0. The van der Waals surface area contributed by atoms with Gasteiger partial charge in [-0.2, -0.15) is 0 Å². The molecule has 0 radical (unpaired) electrons. The second kappa shape index (κ2) is 6.56. The Balaban J connectivity index is 3.36. The van der Waals surface area contributed by atoms with E-state index in [4.69, 9.17) is 14.6 Å². The third kappa shape index (κ3) is 2.91. The fourth-order valence-corrected chi connectivity index (χ4v) is 1.73. The number of methoxy groups -OCH3 is 1. The number of hydrogen-bond donors (Lipinski definition) is 2. The lowest BCUT2D eigenvalue weighted by atomic mass is 9.99. The zero-order chi connectivity index (χ0) is 13.7. The van der Waals surface area contributed by atoms with Crippen LogP contribution < -0.4 is 9.47 Å².